The number of amides is 1. The molecule has 0 aliphatic carbocycles. The van der Waals surface area contributed by atoms with Gasteiger partial charge in [-0.25, -0.2) is 12.8 Å². The maximum atomic E-state index is 13.3. The van der Waals surface area contributed by atoms with Crippen LogP contribution in [-0.2, 0) is 21.2 Å². The summed E-state index contributed by atoms with van der Waals surface area (Å²) in [6, 6.07) is 14.7. The van der Waals surface area contributed by atoms with Gasteiger partial charge < -0.3 is 5.32 Å². The summed E-state index contributed by atoms with van der Waals surface area (Å²) in [5.74, 6) is -2.08. The summed E-state index contributed by atoms with van der Waals surface area (Å²) in [6.45, 7) is 1.42. The topological polar surface area (TPSA) is 83.6 Å². The van der Waals surface area contributed by atoms with Gasteiger partial charge in [-0.05, 0) is 36.2 Å². The molecule has 2 heterocycles. The van der Waals surface area contributed by atoms with Crippen LogP contribution in [0.3, 0.4) is 0 Å². The van der Waals surface area contributed by atoms with Crippen molar-refractivity contribution in [3.8, 4) is 0 Å². The minimum atomic E-state index is -3.12. The van der Waals surface area contributed by atoms with Gasteiger partial charge in [0.2, 0.25) is 5.91 Å². The first-order valence-electron chi connectivity index (χ1n) is 10.4. The SMILES string of the molecule is O=C(N[C@@H]1CCS(=O)(=O)C1)[C@@H]1CN(Cc2ccccc2)C[C@H]1C(=O)c1ccc(F)cc1. The van der Waals surface area contributed by atoms with Gasteiger partial charge in [0.25, 0.3) is 0 Å². The summed E-state index contributed by atoms with van der Waals surface area (Å²) in [4.78, 5) is 28.3. The van der Waals surface area contributed by atoms with Crippen molar-refractivity contribution in [1.29, 1.82) is 0 Å². The summed E-state index contributed by atoms with van der Waals surface area (Å²) in [6.07, 6.45) is 0.394. The fraction of sp³-hybridized carbons (Fsp3) is 0.391. The Morgan fingerprint density at radius 1 is 1.00 bits per heavy atom. The fourth-order valence-corrected chi connectivity index (χ4v) is 6.11. The molecule has 3 atom stereocenters. The summed E-state index contributed by atoms with van der Waals surface area (Å²) in [5, 5.41) is 2.85. The second kappa shape index (κ2) is 8.88. The van der Waals surface area contributed by atoms with Gasteiger partial charge in [-0.2, -0.15) is 0 Å². The number of benzene rings is 2. The third-order valence-electron chi connectivity index (χ3n) is 6.03. The van der Waals surface area contributed by atoms with Gasteiger partial charge in [0, 0.05) is 37.2 Å². The van der Waals surface area contributed by atoms with Crippen molar-refractivity contribution in [2.45, 2.75) is 19.0 Å². The van der Waals surface area contributed by atoms with E-state index in [1.165, 1.54) is 24.3 Å². The molecule has 2 aromatic rings. The van der Waals surface area contributed by atoms with E-state index in [0.717, 1.165) is 5.56 Å². The quantitative estimate of drug-likeness (QED) is 0.690. The molecule has 2 saturated heterocycles. The van der Waals surface area contributed by atoms with Crippen molar-refractivity contribution in [2.24, 2.45) is 11.8 Å². The van der Waals surface area contributed by atoms with Gasteiger partial charge >= 0.3 is 0 Å². The molecule has 2 aliphatic heterocycles. The average Bonchev–Trinajstić information content (AvgIpc) is 3.31. The molecule has 2 aromatic carbocycles. The van der Waals surface area contributed by atoms with E-state index < -0.39 is 33.5 Å². The maximum absolute atomic E-state index is 13.3. The molecule has 0 aromatic heterocycles. The van der Waals surface area contributed by atoms with Gasteiger partial charge in [0.05, 0.1) is 17.4 Å². The Morgan fingerprint density at radius 3 is 2.32 bits per heavy atom. The molecule has 31 heavy (non-hydrogen) atoms. The number of sulfone groups is 1. The largest absolute Gasteiger partial charge is 0.352 e. The number of ketones is 1. The number of carbonyl (C=O) groups is 2. The lowest BCUT2D eigenvalue weighted by Crippen LogP contribution is -2.43. The van der Waals surface area contributed by atoms with Gasteiger partial charge in [-0.1, -0.05) is 30.3 Å². The highest BCUT2D eigenvalue weighted by atomic mass is 32.2. The molecule has 6 nitrogen and oxygen atoms in total. The summed E-state index contributed by atoms with van der Waals surface area (Å²) in [7, 11) is -3.12. The van der Waals surface area contributed by atoms with Gasteiger partial charge in [0.1, 0.15) is 5.82 Å². The molecular formula is C23H25FN2O4S. The molecular weight excluding hydrogens is 419 g/mol. The van der Waals surface area contributed by atoms with E-state index in [0.29, 0.717) is 31.6 Å². The van der Waals surface area contributed by atoms with E-state index in [-0.39, 0.29) is 23.2 Å². The summed E-state index contributed by atoms with van der Waals surface area (Å²) >= 11 is 0. The fourth-order valence-electron chi connectivity index (χ4n) is 4.43. The molecule has 0 saturated carbocycles. The lowest BCUT2D eigenvalue weighted by Gasteiger charge is -2.19. The average molecular weight is 445 g/mol. The van der Waals surface area contributed by atoms with E-state index >= 15 is 0 Å². The third-order valence-corrected chi connectivity index (χ3v) is 7.79. The third kappa shape index (κ3) is 5.19. The van der Waals surface area contributed by atoms with Crippen molar-refractivity contribution in [1.82, 2.24) is 10.2 Å². The minimum Gasteiger partial charge on any atom is -0.352 e. The second-order valence-corrected chi connectivity index (χ2v) is 10.6. The van der Waals surface area contributed by atoms with Crippen LogP contribution >= 0.6 is 0 Å². The molecule has 1 amide bonds. The highest BCUT2D eigenvalue weighted by Gasteiger charge is 2.43. The summed E-state index contributed by atoms with van der Waals surface area (Å²) in [5.41, 5.74) is 1.45. The van der Waals surface area contributed by atoms with Crippen molar-refractivity contribution in [3.63, 3.8) is 0 Å². The smallest absolute Gasteiger partial charge is 0.225 e. The summed E-state index contributed by atoms with van der Waals surface area (Å²) < 4.78 is 36.8. The first-order valence-corrected chi connectivity index (χ1v) is 12.2. The Hall–Kier alpha value is -2.58. The zero-order valence-corrected chi connectivity index (χ0v) is 17.9. The predicted molar refractivity (Wildman–Crippen MR) is 115 cm³/mol. The Balaban J connectivity index is 1.52. The van der Waals surface area contributed by atoms with Crippen LogP contribution in [0.1, 0.15) is 22.3 Å². The van der Waals surface area contributed by atoms with E-state index in [1.54, 1.807) is 0 Å². The van der Waals surface area contributed by atoms with E-state index in [4.69, 9.17) is 0 Å². The standard InChI is InChI=1S/C23H25FN2O4S/c24-18-8-6-17(7-9-18)22(27)20-13-26(12-16-4-2-1-3-5-16)14-21(20)23(28)25-19-10-11-31(29,30)15-19/h1-9,19-21H,10-15H2,(H,25,28)/t19-,20-,21-/m1/s1. The molecule has 164 valence electrons. The maximum Gasteiger partial charge on any atom is 0.225 e. The zero-order chi connectivity index (χ0) is 22.0. The Labute approximate surface area is 181 Å². The molecule has 0 unspecified atom stereocenters. The molecule has 0 radical (unpaired) electrons. The number of carbonyl (C=O) groups excluding carboxylic acids is 2. The van der Waals surface area contributed by atoms with Crippen LogP contribution in [0.25, 0.3) is 0 Å². The monoisotopic (exact) mass is 444 g/mol. The van der Waals surface area contributed by atoms with Crippen molar-refractivity contribution in [3.05, 3.63) is 71.5 Å². The number of rotatable bonds is 6. The molecule has 0 spiro atoms. The first-order chi connectivity index (χ1) is 14.8. The number of halogens is 1. The van der Waals surface area contributed by atoms with Gasteiger partial charge in [-0.3, -0.25) is 14.5 Å². The zero-order valence-electron chi connectivity index (χ0n) is 17.0. The van der Waals surface area contributed by atoms with E-state index in [1.807, 2.05) is 30.3 Å². The van der Waals surface area contributed by atoms with Crippen LogP contribution in [0, 0.1) is 17.7 Å². The van der Waals surface area contributed by atoms with Crippen LogP contribution in [0.5, 0.6) is 0 Å². The molecule has 0 bridgehead atoms. The normalized spacial score (nSPS) is 25.4. The lowest BCUT2D eigenvalue weighted by molar-refractivity contribution is -0.125. The van der Waals surface area contributed by atoms with Crippen molar-refractivity contribution < 1.29 is 22.4 Å². The lowest BCUT2D eigenvalue weighted by atomic mass is 9.87. The van der Waals surface area contributed by atoms with Gasteiger partial charge in [-0.15, -0.1) is 0 Å². The number of hydrogen-bond donors (Lipinski definition) is 1. The Morgan fingerprint density at radius 2 is 1.68 bits per heavy atom. The Kier molecular flexibility index (Phi) is 6.20. The molecule has 2 aliphatic rings. The highest BCUT2D eigenvalue weighted by molar-refractivity contribution is 7.91. The van der Waals surface area contributed by atoms with Crippen LogP contribution < -0.4 is 5.32 Å². The predicted octanol–water partition coefficient (Wildman–Crippen LogP) is 2.06. The van der Waals surface area contributed by atoms with Crippen LogP contribution in [0.4, 0.5) is 4.39 Å². The molecule has 8 heteroatoms. The molecule has 2 fully saturated rings. The molecule has 1 N–H and O–H groups in total. The van der Waals surface area contributed by atoms with E-state index in [2.05, 4.69) is 10.2 Å². The number of Topliss-reactive ketones (excluding diaryl/α,β-unsaturated/α-hetero) is 1. The Bertz CT molecular complexity index is 1060. The van der Waals surface area contributed by atoms with Crippen LogP contribution in [-0.4, -0.2) is 55.6 Å². The van der Waals surface area contributed by atoms with Crippen molar-refractivity contribution >= 4 is 21.5 Å². The van der Waals surface area contributed by atoms with Crippen LogP contribution in [0.2, 0.25) is 0 Å². The number of likely N-dealkylation sites (tertiary alicyclic amines) is 1. The van der Waals surface area contributed by atoms with E-state index in [9.17, 15) is 22.4 Å². The number of nitrogens with zero attached hydrogens (tertiary/aromatic N) is 1. The number of nitrogens with one attached hydrogen (secondary N) is 1. The van der Waals surface area contributed by atoms with Crippen LogP contribution in [0.15, 0.2) is 54.6 Å². The minimum absolute atomic E-state index is 0.0598. The van der Waals surface area contributed by atoms with Crippen molar-refractivity contribution in [2.75, 3.05) is 24.6 Å². The number of hydrogen-bond acceptors (Lipinski definition) is 5. The van der Waals surface area contributed by atoms with Gasteiger partial charge in [0.15, 0.2) is 15.6 Å². The highest BCUT2D eigenvalue weighted by Crippen LogP contribution is 2.29. The second-order valence-electron chi connectivity index (χ2n) is 8.37. The first kappa shape index (κ1) is 21.6. The molecule has 4 rings (SSSR count).